The average molecular weight is 126 g/mol. The Balaban J connectivity index is 2.39. The highest BCUT2D eigenvalue weighted by atomic mass is 32.1. The van der Waals surface area contributed by atoms with Crippen LogP contribution in [0.5, 0.6) is 0 Å². The maximum atomic E-state index is 8.31. The van der Waals surface area contributed by atoms with Crippen molar-refractivity contribution in [2.75, 3.05) is 0 Å². The minimum absolute atomic E-state index is 0.442. The number of thiocarbonyl (C=S) groups is 1. The second-order valence-corrected chi connectivity index (χ2v) is 2.05. The van der Waals surface area contributed by atoms with E-state index in [0.29, 0.717) is 6.04 Å². The number of rotatable bonds is 2. The van der Waals surface area contributed by atoms with Gasteiger partial charge in [-0.3, -0.25) is 4.90 Å². The molecule has 2 nitrogen and oxygen atoms in total. The van der Waals surface area contributed by atoms with Crippen LogP contribution in [0.1, 0.15) is 12.8 Å². The van der Waals surface area contributed by atoms with Gasteiger partial charge in [-0.05, 0) is 12.8 Å². The first-order valence-corrected chi connectivity index (χ1v) is 2.99. The zero-order valence-corrected chi connectivity index (χ0v) is 5.19. The fourth-order valence-corrected chi connectivity index (χ4v) is 0.763. The van der Waals surface area contributed by atoms with E-state index in [1.54, 1.807) is 0 Å². The van der Waals surface area contributed by atoms with Gasteiger partial charge >= 0.3 is 0 Å². The Bertz CT molecular complexity index is 134. The lowest BCUT2D eigenvalue weighted by Crippen LogP contribution is -2.15. The summed E-state index contributed by atoms with van der Waals surface area (Å²) in [4.78, 5) is 1.52. The molecule has 0 aromatic heterocycles. The summed E-state index contributed by atoms with van der Waals surface area (Å²) < 4.78 is 0. The molecule has 1 fully saturated rings. The molecule has 0 N–H and O–H groups in total. The zero-order valence-electron chi connectivity index (χ0n) is 4.37. The van der Waals surface area contributed by atoms with E-state index in [9.17, 15) is 0 Å². The second kappa shape index (κ2) is 2.10. The van der Waals surface area contributed by atoms with Crippen LogP contribution in [-0.2, 0) is 0 Å². The predicted octanol–water partition coefficient (Wildman–Crippen LogP) is 0.889. The van der Waals surface area contributed by atoms with Gasteiger partial charge in [-0.25, -0.2) is 0 Å². The topological polar surface area (TPSA) is 27.0 Å². The van der Waals surface area contributed by atoms with Gasteiger partial charge in [0.25, 0.3) is 0 Å². The summed E-state index contributed by atoms with van der Waals surface area (Å²) in [7, 11) is 0. The average Bonchev–Trinajstić information content (AvgIpc) is 2.53. The Labute approximate surface area is 53.7 Å². The maximum absolute atomic E-state index is 8.31. The van der Waals surface area contributed by atoms with Crippen molar-refractivity contribution in [1.82, 2.24) is 4.90 Å². The van der Waals surface area contributed by atoms with Gasteiger partial charge in [0, 0.05) is 6.04 Å². The fraction of sp³-hybridized carbons (Fsp3) is 0.600. The van der Waals surface area contributed by atoms with Crippen LogP contribution in [0.2, 0.25) is 0 Å². The van der Waals surface area contributed by atoms with Crippen LogP contribution in [0, 0.1) is 11.5 Å². The van der Waals surface area contributed by atoms with Crippen molar-refractivity contribution in [1.29, 1.82) is 5.26 Å². The van der Waals surface area contributed by atoms with Gasteiger partial charge in [-0.1, -0.05) is 12.2 Å². The molecule has 1 aliphatic carbocycles. The van der Waals surface area contributed by atoms with Crippen molar-refractivity contribution in [3.63, 3.8) is 0 Å². The molecule has 1 saturated carbocycles. The fourth-order valence-electron chi connectivity index (χ4n) is 0.544. The first-order valence-electron chi connectivity index (χ1n) is 2.52. The molecule has 0 aromatic rings. The van der Waals surface area contributed by atoms with Gasteiger partial charge in [-0.15, -0.1) is 0 Å². The Morgan fingerprint density at radius 1 is 1.75 bits per heavy atom. The number of hydrogen-bond acceptors (Lipinski definition) is 2. The summed E-state index contributed by atoms with van der Waals surface area (Å²) in [5.74, 6) is 0. The number of hydrogen-bond donors (Lipinski definition) is 0. The van der Waals surface area contributed by atoms with Crippen molar-refractivity contribution < 1.29 is 0 Å². The summed E-state index contributed by atoms with van der Waals surface area (Å²) in [6.45, 7) is 0. The second-order valence-electron chi connectivity index (χ2n) is 1.84. The van der Waals surface area contributed by atoms with E-state index in [1.807, 2.05) is 6.19 Å². The SMILES string of the molecule is N#CN(C=S)C1CC1. The first kappa shape index (κ1) is 5.52. The normalized spacial score (nSPS) is 16.9. The molecule has 0 unspecified atom stereocenters. The van der Waals surface area contributed by atoms with Crippen LogP contribution in [0.25, 0.3) is 0 Å². The minimum atomic E-state index is 0.442. The Morgan fingerprint density at radius 3 is 2.50 bits per heavy atom. The van der Waals surface area contributed by atoms with Crippen molar-refractivity contribution in [3.05, 3.63) is 0 Å². The lowest BCUT2D eigenvalue weighted by Gasteiger charge is -2.02. The van der Waals surface area contributed by atoms with Crippen LogP contribution in [-0.4, -0.2) is 16.4 Å². The molecule has 3 heteroatoms. The quantitative estimate of drug-likeness (QED) is 0.312. The molecule has 0 aliphatic heterocycles. The van der Waals surface area contributed by atoms with Crippen LogP contribution in [0.3, 0.4) is 0 Å². The lowest BCUT2D eigenvalue weighted by molar-refractivity contribution is 0.590. The highest BCUT2D eigenvalue weighted by Gasteiger charge is 2.26. The molecular weight excluding hydrogens is 120 g/mol. The largest absolute Gasteiger partial charge is 0.273 e. The molecule has 0 aromatic carbocycles. The summed E-state index contributed by atoms with van der Waals surface area (Å²) in [5, 5.41) is 8.31. The molecule has 0 spiro atoms. The molecular formula is C5H6N2S. The van der Waals surface area contributed by atoms with E-state index in [1.165, 1.54) is 10.4 Å². The molecule has 42 valence electrons. The van der Waals surface area contributed by atoms with Crippen LogP contribution in [0.4, 0.5) is 0 Å². The van der Waals surface area contributed by atoms with Crippen molar-refractivity contribution in [2.45, 2.75) is 18.9 Å². The van der Waals surface area contributed by atoms with Crippen LogP contribution >= 0.6 is 12.2 Å². The van der Waals surface area contributed by atoms with Gasteiger partial charge in [-0.2, -0.15) is 5.26 Å². The maximum Gasteiger partial charge on any atom is 0.184 e. The monoisotopic (exact) mass is 126 g/mol. The molecule has 0 saturated heterocycles. The van der Waals surface area contributed by atoms with Crippen molar-refractivity contribution in [2.24, 2.45) is 0 Å². The van der Waals surface area contributed by atoms with Gasteiger partial charge in [0.15, 0.2) is 6.19 Å². The van der Waals surface area contributed by atoms with E-state index >= 15 is 0 Å². The van der Waals surface area contributed by atoms with E-state index < -0.39 is 0 Å². The highest BCUT2D eigenvalue weighted by Crippen LogP contribution is 2.24. The molecule has 0 heterocycles. The zero-order chi connectivity index (χ0) is 5.98. The van der Waals surface area contributed by atoms with Gasteiger partial charge in [0.2, 0.25) is 0 Å². The third kappa shape index (κ3) is 0.958. The summed E-state index contributed by atoms with van der Waals surface area (Å²) >= 11 is 4.57. The summed E-state index contributed by atoms with van der Waals surface area (Å²) in [6.07, 6.45) is 4.24. The molecule has 0 bridgehead atoms. The number of nitrogens with zero attached hydrogens (tertiary/aromatic N) is 2. The van der Waals surface area contributed by atoms with E-state index in [-0.39, 0.29) is 0 Å². The molecule has 0 amide bonds. The Kier molecular flexibility index (Phi) is 1.45. The van der Waals surface area contributed by atoms with E-state index in [4.69, 9.17) is 5.26 Å². The Hall–Kier alpha value is -0.620. The Morgan fingerprint density at radius 2 is 2.38 bits per heavy atom. The molecule has 1 aliphatic rings. The number of nitriles is 1. The van der Waals surface area contributed by atoms with E-state index in [0.717, 1.165) is 12.8 Å². The van der Waals surface area contributed by atoms with Gasteiger partial charge in [0.1, 0.15) is 0 Å². The molecule has 0 radical (unpaired) electrons. The first-order chi connectivity index (χ1) is 3.88. The van der Waals surface area contributed by atoms with Crippen LogP contribution in [0.15, 0.2) is 0 Å². The predicted molar refractivity (Wildman–Crippen MR) is 34.1 cm³/mol. The highest BCUT2D eigenvalue weighted by molar-refractivity contribution is 7.78. The lowest BCUT2D eigenvalue weighted by atomic mass is 10.6. The van der Waals surface area contributed by atoms with Crippen LogP contribution < -0.4 is 0 Å². The minimum Gasteiger partial charge on any atom is -0.273 e. The van der Waals surface area contributed by atoms with Gasteiger partial charge in [0.05, 0.1) is 5.49 Å². The van der Waals surface area contributed by atoms with Gasteiger partial charge < -0.3 is 0 Å². The molecule has 8 heavy (non-hydrogen) atoms. The standard InChI is InChI=1S/C5H6N2S/c6-3-7(4-8)5-1-2-5/h4-5H,1-2H2. The molecule has 0 atom stereocenters. The third-order valence-electron chi connectivity index (χ3n) is 1.17. The summed E-state index contributed by atoms with van der Waals surface area (Å²) in [6, 6.07) is 0.442. The van der Waals surface area contributed by atoms with Crippen molar-refractivity contribution >= 4 is 17.7 Å². The third-order valence-corrected chi connectivity index (χ3v) is 1.40. The summed E-state index contributed by atoms with van der Waals surface area (Å²) in [5.41, 5.74) is 1.41. The van der Waals surface area contributed by atoms with E-state index in [2.05, 4.69) is 12.2 Å². The smallest absolute Gasteiger partial charge is 0.184 e. The van der Waals surface area contributed by atoms with Crippen molar-refractivity contribution in [3.8, 4) is 6.19 Å². The molecule has 1 rings (SSSR count).